The average Bonchev–Trinajstić information content (AvgIpc) is 3.15. The summed E-state index contributed by atoms with van der Waals surface area (Å²) in [4.78, 5) is 24.5. The third-order valence-electron chi connectivity index (χ3n) is 5.31. The zero-order chi connectivity index (χ0) is 18.8. The van der Waals surface area contributed by atoms with Gasteiger partial charge in [-0.25, -0.2) is 9.97 Å². The predicted octanol–water partition coefficient (Wildman–Crippen LogP) is 2.25. The summed E-state index contributed by atoms with van der Waals surface area (Å²) in [5.41, 5.74) is 3.24. The second kappa shape index (κ2) is 7.52. The summed E-state index contributed by atoms with van der Waals surface area (Å²) in [6, 6.07) is 6.98. The van der Waals surface area contributed by atoms with Gasteiger partial charge in [-0.1, -0.05) is 12.1 Å². The standard InChI is InChI=1S/C20H25N5O2/c1-14(17-4-3-16-5-10-27-19(16)11-17)24-6-8-25(9-7-24)20-21-12-18(13-22-20)23-15(2)26/h3-4,11-14H,5-10H2,1-2H3,(H,23,26). The molecule has 2 aliphatic heterocycles. The fraction of sp³-hybridized carbons (Fsp3) is 0.450. The number of fused-ring (bicyclic) bond motifs is 1. The van der Waals surface area contributed by atoms with Gasteiger partial charge < -0.3 is 15.0 Å². The Balaban J connectivity index is 1.36. The van der Waals surface area contributed by atoms with Crippen LogP contribution in [0, 0.1) is 0 Å². The maximum absolute atomic E-state index is 11.1. The monoisotopic (exact) mass is 367 g/mol. The number of amides is 1. The number of hydrogen-bond donors (Lipinski definition) is 1. The van der Waals surface area contributed by atoms with Crippen LogP contribution in [0.3, 0.4) is 0 Å². The molecule has 2 aliphatic rings. The Bertz CT molecular complexity index is 816. The van der Waals surface area contributed by atoms with E-state index < -0.39 is 0 Å². The van der Waals surface area contributed by atoms with Crippen LogP contribution in [0.5, 0.6) is 5.75 Å². The van der Waals surface area contributed by atoms with E-state index in [1.807, 2.05) is 0 Å². The molecule has 0 radical (unpaired) electrons. The molecule has 1 fully saturated rings. The number of carbonyl (C=O) groups is 1. The first kappa shape index (κ1) is 17.7. The number of ether oxygens (including phenoxy) is 1. The maximum atomic E-state index is 11.1. The normalized spacial score (nSPS) is 17.9. The lowest BCUT2D eigenvalue weighted by molar-refractivity contribution is -0.114. The minimum absolute atomic E-state index is 0.120. The van der Waals surface area contributed by atoms with Gasteiger partial charge in [-0.05, 0) is 24.1 Å². The summed E-state index contributed by atoms with van der Waals surface area (Å²) in [7, 11) is 0. The van der Waals surface area contributed by atoms with Crippen LogP contribution in [0.1, 0.15) is 31.0 Å². The molecule has 142 valence electrons. The molecule has 1 saturated heterocycles. The van der Waals surface area contributed by atoms with Crippen molar-refractivity contribution < 1.29 is 9.53 Å². The molecule has 0 bridgehead atoms. The summed E-state index contributed by atoms with van der Waals surface area (Å²) in [5.74, 6) is 1.64. The lowest BCUT2D eigenvalue weighted by Gasteiger charge is -2.38. The smallest absolute Gasteiger partial charge is 0.225 e. The van der Waals surface area contributed by atoms with Crippen LogP contribution in [-0.4, -0.2) is 53.6 Å². The van der Waals surface area contributed by atoms with Gasteiger partial charge >= 0.3 is 0 Å². The molecule has 0 spiro atoms. The summed E-state index contributed by atoms with van der Waals surface area (Å²) >= 11 is 0. The van der Waals surface area contributed by atoms with E-state index in [1.54, 1.807) is 12.4 Å². The molecule has 4 rings (SSSR count). The molecule has 1 unspecified atom stereocenters. The van der Waals surface area contributed by atoms with Crippen LogP contribution in [0.2, 0.25) is 0 Å². The lowest BCUT2D eigenvalue weighted by Crippen LogP contribution is -2.47. The molecule has 3 heterocycles. The van der Waals surface area contributed by atoms with Crippen molar-refractivity contribution in [1.29, 1.82) is 0 Å². The molecule has 7 heteroatoms. The maximum Gasteiger partial charge on any atom is 0.225 e. The van der Waals surface area contributed by atoms with Crippen LogP contribution < -0.4 is 15.0 Å². The van der Waals surface area contributed by atoms with Gasteiger partial charge in [0.25, 0.3) is 0 Å². The lowest BCUT2D eigenvalue weighted by atomic mass is 10.0. The van der Waals surface area contributed by atoms with Crippen LogP contribution in [0.4, 0.5) is 11.6 Å². The average molecular weight is 367 g/mol. The van der Waals surface area contributed by atoms with Crippen LogP contribution in [0.15, 0.2) is 30.6 Å². The molecular weight excluding hydrogens is 342 g/mol. The second-order valence-corrected chi connectivity index (χ2v) is 7.12. The Morgan fingerprint density at radius 3 is 2.63 bits per heavy atom. The van der Waals surface area contributed by atoms with Crippen molar-refractivity contribution in [3.63, 3.8) is 0 Å². The zero-order valence-corrected chi connectivity index (χ0v) is 15.8. The van der Waals surface area contributed by atoms with Crippen molar-refractivity contribution >= 4 is 17.5 Å². The molecule has 1 atom stereocenters. The largest absolute Gasteiger partial charge is 0.493 e. The Hall–Kier alpha value is -2.67. The first-order valence-corrected chi connectivity index (χ1v) is 9.44. The third kappa shape index (κ3) is 3.88. The van der Waals surface area contributed by atoms with E-state index in [1.165, 1.54) is 18.1 Å². The molecule has 0 aliphatic carbocycles. The number of nitrogens with one attached hydrogen (secondary N) is 1. The highest BCUT2D eigenvalue weighted by atomic mass is 16.5. The minimum Gasteiger partial charge on any atom is -0.493 e. The number of rotatable bonds is 4. The van der Waals surface area contributed by atoms with Gasteiger partial charge in [0.05, 0.1) is 24.7 Å². The summed E-state index contributed by atoms with van der Waals surface area (Å²) in [5, 5.41) is 2.69. The predicted molar refractivity (Wildman–Crippen MR) is 104 cm³/mol. The second-order valence-electron chi connectivity index (χ2n) is 7.12. The third-order valence-corrected chi connectivity index (χ3v) is 5.31. The number of piperazine rings is 1. The topological polar surface area (TPSA) is 70.6 Å². The molecule has 7 nitrogen and oxygen atoms in total. The van der Waals surface area contributed by atoms with E-state index in [9.17, 15) is 4.79 Å². The van der Waals surface area contributed by atoms with Gasteiger partial charge in [0.2, 0.25) is 11.9 Å². The number of aromatic nitrogens is 2. The Morgan fingerprint density at radius 2 is 1.93 bits per heavy atom. The van der Waals surface area contributed by atoms with Gasteiger partial charge in [0, 0.05) is 45.6 Å². The summed E-state index contributed by atoms with van der Waals surface area (Å²) in [6.45, 7) is 8.20. The van der Waals surface area contributed by atoms with Crippen LogP contribution >= 0.6 is 0 Å². The van der Waals surface area contributed by atoms with Crippen molar-refractivity contribution in [3.8, 4) is 5.75 Å². The number of nitrogens with zero attached hydrogens (tertiary/aromatic N) is 4. The van der Waals surface area contributed by atoms with Crippen molar-refractivity contribution in [2.45, 2.75) is 26.3 Å². The summed E-state index contributed by atoms with van der Waals surface area (Å²) in [6.07, 6.45) is 4.33. The number of benzene rings is 1. The Kier molecular flexibility index (Phi) is 4.94. The zero-order valence-electron chi connectivity index (χ0n) is 15.8. The minimum atomic E-state index is -0.120. The number of hydrogen-bond acceptors (Lipinski definition) is 6. The van der Waals surface area contributed by atoms with Crippen molar-refractivity contribution in [1.82, 2.24) is 14.9 Å². The van der Waals surface area contributed by atoms with Crippen LogP contribution in [-0.2, 0) is 11.2 Å². The van der Waals surface area contributed by atoms with Crippen molar-refractivity contribution in [2.75, 3.05) is 43.0 Å². The fourth-order valence-electron chi connectivity index (χ4n) is 3.72. The molecule has 1 N–H and O–H groups in total. The molecule has 1 aromatic carbocycles. The molecule has 1 aromatic heterocycles. The molecule has 0 saturated carbocycles. The molecule has 2 aromatic rings. The first-order valence-electron chi connectivity index (χ1n) is 9.44. The van der Waals surface area contributed by atoms with Gasteiger partial charge in [-0.15, -0.1) is 0 Å². The number of anilines is 2. The van der Waals surface area contributed by atoms with E-state index in [2.05, 4.69) is 50.2 Å². The number of carbonyl (C=O) groups excluding carboxylic acids is 1. The van der Waals surface area contributed by atoms with Gasteiger partial charge in [0.1, 0.15) is 5.75 Å². The van der Waals surface area contributed by atoms with Gasteiger partial charge in [0.15, 0.2) is 0 Å². The van der Waals surface area contributed by atoms with Crippen molar-refractivity contribution in [3.05, 3.63) is 41.7 Å². The van der Waals surface area contributed by atoms with Gasteiger partial charge in [-0.3, -0.25) is 9.69 Å². The van der Waals surface area contributed by atoms with Crippen molar-refractivity contribution in [2.24, 2.45) is 0 Å². The van der Waals surface area contributed by atoms with E-state index >= 15 is 0 Å². The SMILES string of the molecule is CC(=O)Nc1cnc(N2CCN(C(C)c3ccc4c(c3)OCC4)CC2)nc1. The first-order chi connectivity index (χ1) is 13.1. The van der Waals surface area contributed by atoms with Gasteiger partial charge in [-0.2, -0.15) is 0 Å². The molecule has 27 heavy (non-hydrogen) atoms. The highest BCUT2D eigenvalue weighted by molar-refractivity contribution is 5.88. The highest BCUT2D eigenvalue weighted by Crippen LogP contribution is 2.31. The Morgan fingerprint density at radius 1 is 1.19 bits per heavy atom. The van der Waals surface area contributed by atoms with E-state index in [0.717, 1.165) is 45.0 Å². The van der Waals surface area contributed by atoms with Crippen LogP contribution in [0.25, 0.3) is 0 Å². The van der Waals surface area contributed by atoms with E-state index in [4.69, 9.17) is 4.74 Å². The highest BCUT2D eigenvalue weighted by Gasteiger charge is 2.24. The summed E-state index contributed by atoms with van der Waals surface area (Å²) < 4.78 is 5.72. The fourth-order valence-corrected chi connectivity index (χ4v) is 3.72. The quantitative estimate of drug-likeness (QED) is 0.894. The molecular formula is C20H25N5O2. The van der Waals surface area contributed by atoms with E-state index in [0.29, 0.717) is 17.7 Å². The molecule has 1 amide bonds. The van der Waals surface area contributed by atoms with E-state index in [-0.39, 0.29) is 5.91 Å². The Labute approximate surface area is 159 Å².